The van der Waals surface area contributed by atoms with Gasteiger partial charge in [-0.2, -0.15) is 0 Å². The van der Waals surface area contributed by atoms with Gasteiger partial charge in [-0.3, -0.25) is 37.3 Å². The van der Waals surface area contributed by atoms with Gasteiger partial charge in [-0.1, -0.05) is 258 Å². The second-order valence-electron chi connectivity index (χ2n) is 24.5. The van der Waals surface area contributed by atoms with Crippen LogP contribution in [0.25, 0.3) is 0 Å². The fourth-order valence-corrected chi connectivity index (χ4v) is 11.0. The maximum absolute atomic E-state index is 13.1. The largest absolute Gasteiger partial charge is 0.472 e. The molecule has 0 fully saturated rings. The number of phosphoric ester groups is 2. The molecule has 0 aliphatic heterocycles. The zero-order chi connectivity index (χ0) is 71.8. The van der Waals surface area contributed by atoms with E-state index in [1.807, 2.05) is 18.2 Å². The van der Waals surface area contributed by atoms with E-state index >= 15 is 0 Å². The second-order valence-corrected chi connectivity index (χ2v) is 27.4. The summed E-state index contributed by atoms with van der Waals surface area (Å²) in [5.41, 5.74) is 0. The van der Waals surface area contributed by atoms with Gasteiger partial charge in [0.1, 0.15) is 19.3 Å². The number of unbranched alkanes of at least 4 members (excludes halogenated alkanes) is 21. The maximum Gasteiger partial charge on any atom is 0.472 e. The van der Waals surface area contributed by atoms with E-state index in [9.17, 15) is 43.2 Å². The van der Waals surface area contributed by atoms with Crippen molar-refractivity contribution in [2.75, 3.05) is 39.6 Å². The zero-order valence-electron chi connectivity index (χ0n) is 60.9. The number of esters is 4. The van der Waals surface area contributed by atoms with Crippen LogP contribution >= 0.6 is 15.6 Å². The summed E-state index contributed by atoms with van der Waals surface area (Å²) < 4.78 is 68.3. The number of ether oxygens (including phenoxy) is 4. The van der Waals surface area contributed by atoms with Gasteiger partial charge in [0.15, 0.2) is 12.2 Å². The lowest BCUT2D eigenvalue weighted by molar-refractivity contribution is -0.161. The van der Waals surface area contributed by atoms with Crippen LogP contribution in [0.5, 0.6) is 0 Å². The molecule has 5 atom stereocenters. The summed E-state index contributed by atoms with van der Waals surface area (Å²) in [6, 6.07) is 0. The first kappa shape index (κ1) is 93.2. The number of carbonyl (C=O) groups is 4. The monoisotopic (exact) mass is 1410 g/mol. The Balaban J connectivity index is 5.41. The first-order valence-corrected chi connectivity index (χ1v) is 40.4. The molecule has 0 aromatic rings. The molecule has 0 saturated carbocycles. The Kier molecular flexibility index (Phi) is 67.2. The van der Waals surface area contributed by atoms with Crippen LogP contribution in [0.3, 0.4) is 0 Å². The number of aliphatic hydroxyl groups is 1. The minimum atomic E-state index is -5.00. The molecule has 0 aromatic carbocycles. The molecule has 0 aromatic heterocycles. The SMILES string of the molecule is CC/C=C\C/C=C\C/C=C\C/C=C\C/C=C\C/C=C\CCC(=O)OCC(COP(=O)(O)OCC(O)COP(=O)(O)OCC(COC(=O)CCCCCCC/C=C\CCCC)OC(=O)CCCCCCC/C=C\CCCC)OC(=O)CCCCCCCCC/C=C\C/C=C\C/C=C\CC. The summed E-state index contributed by atoms with van der Waals surface area (Å²) in [6.07, 6.45) is 77.6. The molecule has 0 radical (unpaired) electrons. The molecule has 0 heterocycles. The molecule has 0 amide bonds. The summed E-state index contributed by atoms with van der Waals surface area (Å²) in [5.74, 6) is -2.31. The van der Waals surface area contributed by atoms with E-state index in [4.69, 9.17) is 37.0 Å². The molecule has 0 bridgehead atoms. The molecule has 98 heavy (non-hydrogen) atoms. The quantitative estimate of drug-likeness (QED) is 0.0169. The molecule has 17 nitrogen and oxygen atoms in total. The Morgan fingerprint density at radius 3 is 0.888 bits per heavy atom. The number of aliphatic hydroxyl groups excluding tert-OH is 1. The molecule has 560 valence electrons. The van der Waals surface area contributed by atoms with Crippen LogP contribution in [0.2, 0.25) is 0 Å². The van der Waals surface area contributed by atoms with Crippen molar-refractivity contribution in [1.82, 2.24) is 0 Å². The van der Waals surface area contributed by atoms with Crippen LogP contribution in [-0.2, 0) is 65.4 Å². The fraction of sp³-hybridized carbons (Fsp3) is 0.671. The Hall–Kier alpha value is -4.80. The van der Waals surface area contributed by atoms with Crippen molar-refractivity contribution < 1.29 is 80.2 Å². The summed E-state index contributed by atoms with van der Waals surface area (Å²) >= 11 is 0. The standard InChI is InChI=1S/C79H132O17P2/c1-5-9-13-17-21-25-29-31-33-35-36-38-39-41-45-48-52-56-60-64-77(82)90-70-75(96-79(84)66-62-58-54-50-46-42-40-37-34-32-30-26-22-18-14-10-6-2)72-94-98(87,88)92-68-73(80)67-91-97(85,86)93-71-74(95-78(83)65-61-57-53-49-44-28-24-20-16-12-8-4)69-89-76(81)63-59-55-51-47-43-27-23-19-15-11-7-3/h9-10,13-14,19-26,31-34,36,38,41,45,52,56,73-75,80H,5-8,11-12,15-18,27-30,35,37,39-40,42-44,46-51,53-55,57-72H2,1-4H3,(H,85,86)(H,87,88)/b13-9-,14-10-,23-19-,24-20-,25-21-,26-22-,33-31-,34-32-,38-36-,45-41-,56-52-. The van der Waals surface area contributed by atoms with Crippen LogP contribution in [0.1, 0.15) is 285 Å². The number of hydrogen-bond acceptors (Lipinski definition) is 15. The van der Waals surface area contributed by atoms with Crippen LogP contribution in [0.15, 0.2) is 134 Å². The van der Waals surface area contributed by atoms with Gasteiger partial charge in [0, 0.05) is 25.7 Å². The Bertz CT molecular complexity index is 2380. The summed E-state index contributed by atoms with van der Waals surface area (Å²) in [4.78, 5) is 72.7. The highest BCUT2D eigenvalue weighted by molar-refractivity contribution is 7.47. The highest BCUT2D eigenvalue weighted by Gasteiger charge is 2.30. The maximum atomic E-state index is 13.1. The third-order valence-corrected chi connectivity index (χ3v) is 17.0. The van der Waals surface area contributed by atoms with Crippen molar-refractivity contribution in [3.05, 3.63) is 134 Å². The lowest BCUT2D eigenvalue weighted by Crippen LogP contribution is -2.30. The Labute approximate surface area is 593 Å². The molecule has 0 aliphatic carbocycles. The van der Waals surface area contributed by atoms with Gasteiger partial charge in [0.25, 0.3) is 0 Å². The highest BCUT2D eigenvalue weighted by atomic mass is 31.2. The molecule has 0 rings (SSSR count). The number of rotatable bonds is 69. The molecular weight excluding hydrogens is 1280 g/mol. The molecule has 0 spiro atoms. The van der Waals surface area contributed by atoms with Crippen LogP contribution in [-0.4, -0.2) is 96.7 Å². The van der Waals surface area contributed by atoms with E-state index in [1.54, 1.807) is 0 Å². The molecule has 5 unspecified atom stereocenters. The lowest BCUT2D eigenvalue weighted by atomic mass is 10.1. The van der Waals surface area contributed by atoms with Crippen LogP contribution < -0.4 is 0 Å². The average Bonchev–Trinajstić information content (AvgIpc) is 0.979. The predicted octanol–water partition coefficient (Wildman–Crippen LogP) is 21.3. The van der Waals surface area contributed by atoms with E-state index in [0.29, 0.717) is 32.1 Å². The minimum Gasteiger partial charge on any atom is -0.462 e. The molecule has 0 aliphatic rings. The van der Waals surface area contributed by atoms with E-state index in [0.717, 1.165) is 173 Å². The Morgan fingerprint density at radius 1 is 0.296 bits per heavy atom. The Morgan fingerprint density at radius 2 is 0.551 bits per heavy atom. The van der Waals surface area contributed by atoms with Gasteiger partial charge in [0.2, 0.25) is 0 Å². The average molecular weight is 1420 g/mol. The van der Waals surface area contributed by atoms with Gasteiger partial charge >= 0.3 is 39.5 Å². The third kappa shape index (κ3) is 69.7. The number of phosphoric acid groups is 2. The van der Waals surface area contributed by atoms with E-state index in [2.05, 4.69) is 143 Å². The van der Waals surface area contributed by atoms with Crippen LogP contribution in [0.4, 0.5) is 0 Å². The van der Waals surface area contributed by atoms with E-state index < -0.39 is 97.5 Å². The van der Waals surface area contributed by atoms with Crippen molar-refractivity contribution in [2.24, 2.45) is 0 Å². The smallest absolute Gasteiger partial charge is 0.462 e. The summed E-state index contributed by atoms with van der Waals surface area (Å²) in [6.45, 7) is 4.44. The first-order valence-electron chi connectivity index (χ1n) is 37.4. The van der Waals surface area contributed by atoms with Gasteiger partial charge in [-0.25, -0.2) is 9.13 Å². The molecule has 19 heteroatoms. The molecule has 3 N–H and O–H groups in total. The number of hydrogen-bond donors (Lipinski definition) is 3. The fourth-order valence-electron chi connectivity index (χ4n) is 9.40. The molecular formula is C79H132O17P2. The zero-order valence-corrected chi connectivity index (χ0v) is 62.7. The molecule has 0 saturated heterocycles. The van der Waals surface area contributed by atoms with Crippen molar-refractivity contribution in [3.8, 4) is 0 Å². The predicted molar refractivity (Wildman–Crippen MR) is 399 cm³/mol. The summed E-state index contributed by atoms with van der Waals surface area (Å²) in [7, 11) is -9.97. The normalized spacial score (nSPS) is 14.7. The van der Waals surface area contributed by atoms with E-state index in [-0.39, 0.29) is 25.7 Å². The van der Waals surface area contributed by atoms with Crippen molar-refractivity contribution in [2.45, 2.75) is 303 Å². The van der Waals surface area contributed by atoms with Gasteiger partial charge < -0.3 is 33.8 Å². The van der Waals surface area contributed by atoms with Gasteiger partial charge in [-0.15, -0.1) is 0 Å². The number of allylic oxidation sites excluding steroid dienone is 22. The van der Waals surface area contributed by atoms with Gasteiger partial charge in [-0.05, 0) is 135 Å². The first-order chi connectivity index (χ1) is 47.7. The van der Waals surface area contributed by atoms with Gasteiger partial charge in [0.05, 0.1) is 26.4 Å². The number of carbonyl (C=O) groups excluding carboxylic acids is 4. The van der Waals surface area contributed by atoms with Crippen LogP contribution in [0, 0.1) is 0 Å². The minimum absolute atomic E-state index is 0.0305. The second kappa shape index (κ2) is 70.6. The summed E-state index contributed by atoms with van der Waals surface area (Å²) in [5, 5.41) is 10.6. The van der Waals surface area contributed by atoms with Crippen molar-refractivity contribution in [3.63, 3.8) is 0 Å². The third-order valence-electron chi connectivity index (χ3n) is 15.1. The highest BCUT2D eigenvalue weighted by Crippen LogP contribution is 2.45. The van der Waals surface area contributed by atoms with E-state index in [1.165, 1.54) is 25.7 Å². The topological polar surface area (TPSA) is 237 Å². The van der Waals surface area contributed by atoms with Crippen molar-refractivity contribution in [1.29, 1.82) is 0 Å². The van der Waals surface area contributed by atoms with Crippen molar-refractivity contribution >= 4 is 39.5 Å². The lowest BCUT2D eigenvalue weighted by Gasteiger charge is -2.21.